The molecule has 0 atom stereocenters. The van der Waals surface area contributed by atoms with E-state index in [0.717, 1.165) is 27.2 Å². The largest absolute Gasteiger partial charge is 0.332 e. The topological polar surface area (TPSA) is 77.1 Å². The lowest BCUT2D eigenvalue weighted by Gasteiger charge is -2.09. The molecule has 0 unspecified atom stereocenters. The quantitative estimate of drug-likeness (QED) is 0.271. The highest BCUT2D eigenvalue weighted by Gasteiger charge is 2.16. The average molecular weight is 461 g/mol. The van der Waals surface area contributed by atoms with Gasteiger partial charge in [-0.05, 0) is 31.2 Å². The Kier molecular flexibility index (Phi) is 5.50. The fourth-order valence-electron chi connectivity index (χ4n) is 3.45. The van der Waals surface area contributed by atoms with Crippen molar-refractivity contribution in [3.05, 3.63) is 88.2 Å². The number of para-hydroxylation sites is 1. The van der Waals surface area contributed by atoms with Crippen molar-refractivity contribution in [1.29, 1.82) is 0 Å². The molecular formula is C23H20N6OS2. The molecular weight excluding hydrogens is 440 g/mol. The number of allylic oxidation sites excluding steroid dienone is 1. The van der Waals surface area contributed by atoms with Crippen LogP contribution in [0.15, 0.2) is 76.5 Å². The molecule has 3 heterocycles. The second-order valence-corrected chi connectivity index (χ2v) is 9.06. The molecule has 3 aromatic heterocycles. The fraction of sp³-hybridized carbons (Fsp3) is 0.130. The predicted molar refractivity (Wildman–Crippen MR) is 131 cm³/mol. The highest BCUT2D eigenvalue weighted by atomic mass is 32.2. The van der Waals surface area contributed by atoms with E-state index >= 15 is 0 Å². The number of thiazole rings is 1. The summed E-state index contributed by atoms with van der Waals surface area (Å²) in [5, 5.41) is 16.3. The summed E-state index contributed by atoms with van der Waals surface area (Å²) < 4.78 is 3.53. The molecule has 2 aromatic carbocycles. The summed E-state index contributed by atoms with van der Waals surface area (Å²) in [5.74, 6) is 1.15. The standard InChI is InChI=1S/C23H20N6OS2/c1-3-12-28-20(30)18-6-4-5-7-19(18)29-22(28)26-27-23(29)32-14-17-13-31-21(25-17)24-16-10-8-15(2)9-11-16/h3-11,13H,1,12,14H2,2H3,(H,24,25). The summed E-state index contributed by atoms with van der Waals surface area (Å²) in [6.07, 6.45) is 1.69. The molecule has 5 rings (SSSR count). The minimum absolute atomic E-state index is 0.0942. The first-order chi connectivity index (χ1) is 15.6. The number of benzene rings is 2. The van der Waals surface area contributed by atoms with Crippen LogP contribution in [0.4, 0.5) is 10.8 Å². The van der Waals surface area contributed by atoms with E-state index in [1.807, 2.05) is 46.2 Å². The molecule has 0 saturated heterocycles. The predicted octanol–water partition coefficient (Wildman–Crippen LogP) is 5.03. The van der Waals surface area contributed by atoms with E-state index in [1.165, 1.54) is 5.56 Å². The molecule has 0 bridgehead atoms. The van der Waals surface area contributed by atoms with E-state index in [9.17, 15) is 4.79 Å². The first kappa shape index (κ1) is 20.5. The van der Waals surface area contributed by atoms with Crippen LogP contribution >= 0.6 is 23.1 Å². The zero-order valence-corrected chi connectivity index (χ0v) is 19.0. The van der Waals surface area contributed by atoms with E-state index in [2.05, 4.69) is 41.1 Å². The maximum absolute atomic E-state index is 12.9. The van der Waals surface area contributed by atoms with Gasteiger partial charge >= 0.3 is 0 Å². The Morgan fingerprint density at radius 1 is 1.16 bits per heavy atom. The van der Waals surface area contributed by atoms with Gasteiger partial charge in [-0.25, -0.2) is 4.98 Å². The summed E-state index contributed by atoms with van der Waals surface area (Å²) in [4.78, 5) is 17.6. The number of rotatable bonds is 7. The van der Waals surface area contributed by atoms with Gasteiger partial charge < -0.3 is 5.32 Å². The molecule has 32 heavy (non-hydrogen) atoms. The number of aryl methyl sites for hydroxylation is 1. The van der Waals surface area contributed by atoms with Gasteiger partial charge in [0.1, 0.15) is 0 Å². The summed E-state index contributed by atoms with van der Waals surface area (Å²) >= 11 is 3.11. The number of hydrogen-bond donors (Lipinski definition) is 1. The average Bonchev–Trinajstić information content (AvgIpc) is 3.44. The number of thioether (sulfide) groups is 1. The van der Waals surface area contributed by atoms with Gasteiger partial charge in [-0.1, -0.05) is 47.7 Å². The molecule has 9 heteroatoms. The Morgan fingerprint density at radius 3 is 2.78 bits per heavy atom. The summed E-state index contributed by atoms with van der Waals surface area (Å²) in [7, 11) is 0. The molecule has 0 fully saturated rings. The smallest absolute Gasteiger partial charge is 0.263 e. The van der Waals surface area contributed by atoms with Crippen LogP contribution in [0.1, 0.15) is 11.3 Å². The summed E-state index contributed by atoms with van der Waals surface area (Å²) in [6, 6.07) is 15.7. The van der Waals surface area contributed by atoms with E-state index in [4.69, 9.17) is 4.98 Å². The van der Waals surface area contributed by atoms with E-state index in [1.54, 1.807) is 33.7 Å². The van der Waals surface area contributed by atoms with E-state index < -0.39 is 0 Å². The van der Waals surface area contributed by atoms with Crippen molar-refractivity contribution < 1.29 is 0 Å². The van der Waals surface area contributed by atoms with Crippen LogP contribution in [-0.2, 0) is 12.3 Å². The lowest BCUT2D eigenvalue weighted by atomic mass is 10.2. The molecule has 0 saturated carbocycles. The van der Waals surface area contributed by atoms with Crippen molar-refractivity contribution in [3.63, 3.8) is 0 Å². The number of aromatic nitrogens is 5. The number of fused-ring (bicyclic) bond motifs is 3. The van der Waals surface area contributed by atoms with Crippen molar-refractivity contribution in [3.8, 4) is 0 Å². The first-order valence-corrected chi connectivity index (χ1v) is 11.9. The Morgan fingerprint density at radius 2 is 1.97 bits per heavy atom. The third-order valence-electron chi connectivity index (χ3n) is 4.99. The monoisotopic (exact) mass is 460 g/mol. The lowest BCUT2D eigenvalue weighted by molar-refractivity contribution is 0.783. The van der Waals surface area contributed by atoms with Gasteiger partial charge in [0.2, 0.25) is 5.78 Å². The van der Waals surface area contributed by atoms with Crippen LogP contribution in [0.3, 0.4) is 0 Å². The Bertz CT molecular complexity index is 1480. The highest BCUT2D eigenvalue weighted by Crippen LogP contribution is 2.27. The molecule has 0 amide bonds. The van der Waals surface area contributed by atoms with Crippen molar-refractivity contribution in [2.75, 3.05) is 5.32 Å². The molecule has 160 valence electrons. The normalized spacial score (nSPS) is 11.3. The van der Waals surface area contributed by atoms with Crippen LogP contribution in [0.5, 0.6) is 0 Å². The molecule has 0 aliphatic rings. The van der Waals surface area contributed by atoms with E-state index in [-0.39, 0.29) is 5.56 Å². The fourth-order valence-corrected chi connectivity index (χ4v) is 5.12. The third kappa shape index (κ3) is 3.80. The number of anilines is 2. The first-order valence-electron chi connectivity index (χ1n) is 10.0. The third-order valence-corrected chi connectivity index (χ3v) is 6.76. The van der Waals surface area contributed by atoms with Crippen LogP contribution in [0.25, 0.3) is 16.7 Å². The van der Waals surface area contributed by atoms with Crippen molar-refractivity contribution in [1.82, 2.24) is 24.1 Å². The van der Waals surface area contributed by atoms with Crippen LogP contribution in [0.2, 0.25) is 0 Å². The second kappa shape index (κ2) is 8.60. The van der Waals surface area contributed by atoms with Gasteiger partial charge in [0.25, 0.3) is 5.56 Å². The number of nitrogens with zero attached hydrogens (tertiary/aromatic N) is 5. The zero-order valence-electron chi connectivity index (χ0n) is 17.4. The molecule has 5 aromatic rings. The molecule has 0 aliphatic heterocycles. The van der Waals surface area contributed by atoms with Crippen LogP contribution < -0.4 is 10.9 Å². The van der Waals surface area contributed by atoms with Gasteiger partial charge in [-0.2, -0.15) is 0 Å². The van der Waals surface area contributed by atoms with Crippen LogP contribution in [-0.4, -0.2) is 24.1 Å². The molecule has 7 nitrogen and oxygen atoms in total. The Labute approximate surface area is 192 Å². The lowest BCUT2D eigenvalue weighted by Crippen LogP contribution is -2.22. The van der Waals surface area contributed by atoms with Gasteiger partial charge in [-0.15, -0.1) is 28.1 Å². The highest BCUT2D eigenvalue weighted by molar-refractivity contribution is 7.98. The van der Waals surface area contributed by atoms with Gasteiger partial charge in [0.05, 0.1) is 16.6 Å². The van der Waals surface area contributed by atoms with Crippen molar-refractivity contribution in [2.24, 2.45) is 0 Å². The number of hydrogen-bond acceptors (Lipinski definition) is 7. The van der Waals surface area contributed by atoms with Crippen LogP contribution in [0, 0.1) is 6.92 Å². The minimum atomic E-state index is -0.0942. The Balaban J connectivity index is 1.43. The SMILES string of the molecule is C=CCn1c(=O)c2ccccc2n2c(SCc3csc(Nc4ccc(C)cc4)n3)nnc12. The van der Waals surface area contributed by atoms with Crippen molar-refractivity contribution in [2.45, 2.75) is 24.4 Å². The molecule has 0 radical (unpaired) electrons. The molecule has 0 aliphatic carbocycles. The molecule has 1 N–H and O–H groups in total. The second-order valence-electron chi connectivity index (χ2n) is 7.26. The maximum Gasteiger partial charge on any atom is 0.263 e. The van der Waals surface area contributed by atoms with Gasteiger partial charge in [0.15, 0.2) is 10.3 Å². The zero-order chi connectivity index (χ0) is 22.1. The number of nitrogens with one attached hydrogen (secondary N) is 1. The maximum atomic E-state index is 12.9. The molecule has 0 spiro atoms. The summed E-state index contributed by atoms with van der Waals surface area (Å²) in [6.45, 7) is 6.21. The van der Waals surface area contributed by atoms with Crippen molar-refractivity contribution >= 4 is 50.6 Å². The Hall–Kier alpha value is -3.43. The summed E-state index contributed by atoms with van der Waals surface area (Å²) in [5.41, 5.74) is 3.89. The van der Waals surface area contributed by atoms with Gasteiger partial charge in [0, 0.05) is 23.4 Å². The minimum Gasteiger partial charge on any atom is -0.332 e. The van der Waals surface area contributed by atoms with E-state index in [0.29, 0.717) is 23.5 Å². The van der Waals surface area contributed by atoms with Gasteiger partial charge in [-0.3, -0.25) is 13.8 Å².